The number of hydrogen-bond donors (Lipinski definition) is 0. The first-order valence-electron chi connectivity index (χ1n) is 8.04. The fourth-order valence-corrected chi connectivity index (χ4v) is 3.35. The average molecular weight is 344 g/mol. The summed E-state index contributed by atoms with van der Waals surface area (Å²) in [6.07, 6.45) is 0.606. The molecule has 1 fully saturated rings. The van der Waals surface area contributed by atoms with Crippen molar-refractivity contribution in [3.05, 3.63) is 60.2 Å². The van der Waals surface area contributed by atoms with Crippen LogP contribution in [-0.4, -0.2) is 21.5 Å². The number of hydrogen-bond acceptors (Lipinski definition) is 4. The van der Waals surface area contributed by atoms with Gasteiger partial charge in [-0.1, -0.05) is 18.2 Å². The monoisotopic (exact) mass is 344 g/mol. The van der Waals surface area contributed by atoms with E-state index in [4.69, 9.17) is 0 Å². The van der Waals surface area contributed by atoms with Gasteiger partial charge in [-0.15, -0.1) is 0 Å². The molecule has 0 saturated carbocycles. The molecule has 2 aromatic heterocycles. The number of anilines is 1. The smallest absolute Gasteiger partial charge is 0.349 e. The van der Waals surface area contributed by atoms with E-state index in [1.54, 1.807) is 36.7 Å². The molecule has 1 atom stereocenters. The zero-order valence-corrected chi connectivity index (χ0v) is 13.2. The van der Waals surface area contributed by atoms with E-state index < -0.39 is 12.0 Å². The minimum atomic E-state index is -4.58. The Hall–Kier alpha value is -2.70. The highest BCUT2D eigenvalue weighted by molar-refractivity contribution is 5.89. The van der Waals surface area contributed by atoms with Crippen molar-refractivity contribution >= 4 is 16.7 Å². The van der Waals surface area contributed by atoms with E-state index in [0.29, 0.717) is 23.3 Å². The zero-order chi connectivity index (χ0) is 17.4. The average Bonchev–Trinajstić information content (AvgIpc) is 3.10. The molecule has 1 aromatic carbocycles. The molecule has 1 aliphatic heterocycles. The number of alkyl halides is 3. The van der Waals surface area contributed by atoms with Crippen molar-refractivity contribution in [2.24, 2.45) is 0 Å². The predicted molar refractivity (Wildman–Crippen MR) is 88.1 cm³/mol. The number of fused-ring (bicyclic) bond motifs is 1. The van der Waals surface area contributed by atoms with Gasteiger partial charge in [-0.3, -0.25) is 4.98 Å². The van der Waals surface area contributed by atoms with Gasteiger partial charge in [0, 0.05) is 24.3 Å². The maximum atomic E-state index is 13.2. The Kier molecular flexibility index (Phi) is 3.78. The van der Waals surface area contributed by atoms with E-state index in [1.807, 2.05) is 17.0 Å². The molecule has 4 rings (SSSR count). The van der Waals surface area contributed by atoms with Gasteiger partial charge in [0.15, 0.2) is 0 Å². The van der Waals surface area contributed by atoms with Crippen LogP contribution >= 0.6 is 0 Å². The Labute approximate surface area is 142 Å². The van der Waals surface area contributed by atoms with E-state index >= 15 is 0 Å². The molecule has 1 aliphatic rings. The van der Waals surface area contributed by atoms with Crippen molar-refractivity contribution < 1.29 is 13.2 Å². The van der Waals surface area contributed by atoms with Gasteiger partial charge in [-0.2, -0.15) is 13.2 Å². The van der Waals surface area contributed by atoms with E-state index in [-0.39, 0.29) is 6.04 Å². The summed E-state index contributed by atoms with van der Waals surface area (Å²) in [5.41, 5.74) is 1.29. The van der Waals surface area contributed by atoms with Crippen LogP contribution in [0.15, 0.2) is 48.8 Å². The van der Waals surface area contributed by atoms with Crippen LogP contribution in [0, 0.1) is 0 Å². The highest BCUT2D eigenvalue weighted by Gasteiger charge is 2.37. The summed E-state index contributed by atoms with van der Waals surface area (Å²) in [7, 11) is 0. The lowest BCUT2D eigenvalue weighted by Crippen LogP contribution is -2.25. The number of pyridine rings is 1. The number of nitrogens with zero attached hydrogens (tertiary/aromatic N) is 4. The van der Waals surface area contributed by atoms with E-state index in [9.17, 15) is 13.2 Å². The molecular formula is C18H15F3N4. The summed E-state index contributed by atoms with van der Waals surface area (Å²) in [5.74, 6) is -0.762. The maximum Gasteiger partial charge on any atom is 0.451 e. The third-order valence-electron chi connectivity index (χ3n) is 4.43. The van der Waals surface area contributed by atoms with Gasteiger partial charge in [0.25, 0.3) is 0 Å². The van der Waals surface area contributed by atoms with Crippen LogP contribution in [0.25, 0.3) is 10.9 Å². The number of benzene rings is 1. The van der Waals surface area contributed by atoms with Crippen molar-refractivity contribution in [2.45, 2.75) is 25.1 Å². The molecule has 1 saturated heterocycles. The molecule has 0 aliphatic carbocycles. The van der Waals surface area contributed by atoms with E-state index in [2.05, 4.69) is 15.0 Å². The molecule has 3 aromatic rings. The molecule has 128 valence electrons. The van der Waals surface area contributed by atoms with Crippen molar-refractivity contribution in [2.75, 3.05) is 11.4 Å². The van der Waals surface area contributed by atoms with Crippen LogP contribution in [0.4, 0.5) is 19.0 Å². The van der Waals surface area contributed by atoms with E-state index in [1.165, 1.54) is 0 Å². The number of rotatable bonds is 2. The fraction of sp³-hybridized carbons (Fsp3) is 0.278. The van der Waals surface area contributed by atoms with Crippen molar-refractivity contribution in [1.82, 2.24) is 15.0 Å². The Balaban J connectivity index is 1.87. The Morgan fingerprint density at radius 2 is 1.88 bits per heavy atom. The number of halogens is 3. The topological polar surface area (TPSA) is 41.9 Å². The lowest BCUT2D eigenvalue weighted by molar-refractivity contribution is -0.144. The van der Waals surface area contributed by atoms with Crippen LogP contribution in [-0.2, 0) is 6.18 Å². The lowest BCUT2D eigenvalue weighted by atomic mass is 10.1. The molecular weight excluding hydrogens is 329 g/mol. The second-order valence-electron chi connectivity index (χ2n) is 6.02. The quantitative estimate of drug-likeness (QED) is 0.692. The van der Waals surface area contributed by atoms with Gasteiger partial charge in [0.1, 0.15) is 5.82 Å². The van der Waals surface area contributed by atoms with Gasteiger partial charge in [-0.25, -0.2) is 9.97 Å². The van der Waals surface area contributed by atoms with Gasteiger partial charge < -0.3 is 4.90 Å². The second-order valence-corrected chi connectivity index (χ2v) is 6.02. The first-order valence-corrected chi connectivity index (χ1v) is 8.04. The lowest BCUT2D eigenvalue weighted by Gasteiger charge is -2.27. The fourth-order valence-electron chi connectivity index (χ4n) is 3.35. The maximum absolute atomic E-state index is 13.2. The largest absolute Gasteiger partial charge is 0.451 e. The van der Waals surface area contributed by atoms with Gasteiger partial charge in [-0.05, 0) is 36.6 Å². The van der Waals surface area contributed by atoms with Crippen LogP contribution in [0.5, 0.6) is 0 Å². The molecule has 0 spiro atoms. The van der Waals surface area contributed by atoms with Gasteiger partial charge in [0.2, 0.25) is 5.82 Å². The Bertz CT molecular complexity index is 896. The van der Waals surface area contributed by atoms with Crippen molar-refractivity contribution in [1.29, 1.82) is 0 Å². The summed E-state index contributed by atoms with van der Waals surface area (Å²) in [4.78, 5) is 13.7. The Morgan fingerprint density at radius 1 is 1.04 bits per heavy atom. The van der Waals surface area contributed by atoms with Gasteiger partial charge in [0.05, 0.1) is 11.6 Å². The molecule has 25 heavy (non-hydrogen) atoms. The number of aromatic nitrogens is 3. The SMILES string of the molecule is FC(F)(F)c1nc(N2CCCC2c2cccnc2)c2ccccc2n1. The Morgan fingerprint density at radius 3 is 2.64 bits per heavy atom. The summed E-state index contributed by atoms with van der Waals surface area (Å²) < 4.78 is 39.7. The summed E-state index contributed by atoms with van der Waals surface area (Å²) in [6.45, 7) is 0.651. The molecule has 1 unspecified atom stereocenters. The van der Waals surface area contributed by atoms with Gasteiger partial charge >= 0.3 is 6.18 Å². The molecule has 7 heteroatoms. The van der Waals surface area contributed by atoms with Crippen LogP contribution in [0.1, 0.15) is 30.3 Å². The van der Waals surface area contributed by atoms with Crippen LogP contribution in [0.3, 0.4) is 0 Å². The normalized spacial score (nSPS) is 18.0. The minimum Gasteiger partial charge on any atom is -0.349 e. The number of para-hydroxylation sites is 1. The standard InChI is InChI=1S/C18H15F3N4/c19-18(20,21)17-23-14-7-2-1-6-13(14)16(24-17)25-10-4-8-15(25)12-5-3-9-22-11-12/h1-3,5-7,9,11,15H,4,8,10H2. The molecule has 0 N–H and O–H groups in total. The van der Waals surface area contributed by atoms with Crippen molar-refractivity contribution in [3.8, 4) is 0 Å². The molecule has 3 heterocycles. The first kappa shape index (κ1) is 15.8. The third kappa shape index (κ3) is 2.90. The third-order valence-corrected chi connectivity index (χ3v) is 4.43. The van der Waals surface area contributed by atoms with Crippen LogP contribution < -0.4 is 4.90 Å². The molecule has 0 amide bonds. The highest BCUT2D eigenvalue weighted by atomic mass is 19.4. The minimum absolute atomic E-state index is 0.0342. The summed E-state index contributed by atoms with van der Waals surface area (Å²) in [5, 5.41) is 0.631. The highest BCUT2D eigenvalue weighted by Crippen LogP contribution is 2.39. The molecule has 0 radical (unpaired) electrons. The predicted octanol–water partition coefficient (Wildman–Crippen LogP) is 4.39. The van der Waals surface area contributed by atoms with Crippen LogP contribution in [0.2, 0.25) is 0 Å². The van der Waals surface area contributed by atoms with E-state index in [0.717, 1.165) is 18.4 Å². The molecule has 4 nitrogen and oxygen atoms in total. The van der Waals surface area contributed by atoms with Crippen molar-refractivity contribution in [3.63, 3.8) is 0 Å². The second kappa shape index (κ2) is 5.98. The first-order chi connectivity index (χ1) is 12.0. The molecule has 0 bridgehead atoms. The zero-order valence-electron chi connectivity index (χ0n) is 13.2. The summed E-state index contributed by atoms with van der Waals surface area (Å²) in [6, 6.07) is 10.6. The summed E-state index contributed by atoms with van der Waals surface area (Å²) >= 11 is 0.